The van der Waals surface area contributed by atoms with Crippen molar-refractivity contribution in [3.8, 4) is 0 Å². The van der Waals surface area contributed by atoms with Crippen LogP contribution in [0.1, 0.15) is 43.6 Å². The average Bonchev–Trinajstić information content (AvgIpc) is 2.43. The highest BCUT2D eigenvalue weighted by molar-refractivity contribution is 9.10. The zero-order chi connectivity index (χ0) is 10.7. The lowest BCUT2D eigenvalue weighted by Gasteiger charge is -2.14. The van der Waals surface area contributed by atoms with Gasteiger partial charge in [0.2, 0.25) is 0 Å². The zero-order valence-electron chi connectivity index (χ0n) is 8.95. The van der Waals surface area contributed by atoms with Crippen LogP contribution in [0.15, 0.2) is 28.7 Å². The van der Waals surface area contributed by atoms with E-state index in [2.05, 4.69) is 40.2 Å². The first-order valence-electron chi connectivity index (χ1n) is 5.77. The van der Waals surface area contributed by atoms with Crippen LogP contribution in [0.5, 0.6) is 0 Å². The largest absolute Gasteiger partial charge is 0.328 e. The molecule has 0 aromatic heterocycles. The molecule has 0 amide bonds. The van der Waals surface area contributed by atoms with E-state index in [1.807, 2.05) is 0 Å². The van der Waals surface area contributed by atoms with E-state index in [4.69, 9.17) is 5.73 Å². The maximum atomic E-state index is 6.00. The van der Waals surface area contributed by atoms with Gasteiger partial charge in [-0.05, 0) is 49.3 Å². The minimum Gasteiger partial charge on any atom is -0.328 e. The Balaban J connectivity index is 2.09. The number of hydrogen-bond acceptors (Lipinski definition) is 1. The highest BCUT2D eigenvalue weighted by atomic mass is 79.9. The van der Waals surface area contributed by atoms with Gasteiger partial charge in [0.15, 0.2) is 0 Å². The molecule has 1 aromatic carbocycles. The van der Waals surface area contributed by atoms with Crippen molar-refractivity contribution in [3.05, 3.63) is 34.3 Å². The van der Waals surface area contributed by atoms with Crippen molar-refractivity contribution < 1.29 is 0 Å². The van der Waals surface area contributed by atoms with Gasteiger partial charge in [-0.1, -0.05) is 34.5 Å². The van der Waals surface area contributed by atoms with Gasteiger partial charge in [0.05, 0.1) is 0 Å². The Bertz CT molecular complexity index is 324. The van der Waals surface area contributed by atoms with Crippen molar-refractivity contribution in [1.82, 2.24) is 0 Å². The summed E-state index contributed by atoms with van der Waals surface area (Å²) in [5, 5.41) is 0. The summed E-state index contributed by atoms with van der Waals surface area (Å²) in [7, 11) is 0. The van der Waals surface area contributed by atoms with Crippen molar-refractivity contribution in [1.29, 1.82) is 0 Å². The van der Waals surface area contributed by atoms with E-state index in [9.17, 15) is 0 Å². The van der Waals surface area contributed by atoms with E-state index < -0.39 is 0 Å². The molecule has 0 bridgehead atoms. The molecule has 2 rings (SSSR count). The van der Waals surface area contributed by atoms with E-state index in [1.165, 1.54) is 42.1 Å². The lowest BCUT2D eigenvalue weighted by molar-refractivity contribution is 0.568. The number of halogens is 1. The Morgan fingerprint density at radius 1 is 1.13 bits per heavy atom. The lowest BCUT2D eigenvalue weighted by atomic mass is 9.92. The van der Waals surface area contributed by atoms with Gasteiger partial charge in [0.1, 0.15) is 0 Å². The van der Waals surface area contributed by atoms with E-state index in [1.54, 1.807) is 0 Å². The van der Waals surface area contributed by atoms with Gasteiger partial charge < -0.3 is 5.73 Å². The molecule has 2 heteroatoms. The minimum atomic E-state index is 0.433. The highest BCUT2D eigenvalue weighted by Crippen LogP contribution is 2.32. The summed E-state index contributed by atoms with van der Waals surface area (Å²) in [6.07, 6.45) is 6.20. The molecule has 2 atom stereocenters. The molecule has 1 aliphatic carbocycles. The van der Waals surface area contributed by atoms with Gasteiger partial charge in [-0.2, -0.15) is 0 Å². The Kier molecular flexibility index (Phi) is 3.81. The zero-order valence-corrected chi connectivity index (χ0v) is 10.5. The fraction of sp³-hybridized carbons (Fsp3) is 0.538. The summed E-state index contributed by atoms with van der Waals surface area (Å²) in [5.74, 6) is 0.719. The van der Waals surface area contributed by atoms with Gasteiger partial charge in [0, 0.05) is 10.5 Å². The second-order valence-corrected chi connectivity index (χ2v) is 5.44. The van der Waals surface area contributed by atoms with E-state index in [-0.39, 0.29) is 0 Å². The molecule has 1 nitrogen and oxygen atoms in total. The Labute approximate surface area is 100 Å². The molecule has 1 aliphatic rings. The number of benzene rings is 1. The molecular weight excluding hydrogens is 250 g/mol. The number of hydrogen-bond donors (Lipinski definition) is 1. The lowest BCUT2D eigenvalue weighted by Crippen LogP contribution is -2.17. The predicted molar refractivity (Wildman–Crippen MR) is 67.9 cm³/mol. The van der Waals surface area contributed by atoms with Crippen LogP contribution in [0.4, 0.5) is 0 Å². The van der Waals surface area contributed by atoms with Crippen LogP contribution >= 0.6 is 15.9 Å². The van der Waals surface area contributed by atoms with Gasteiger partial charge in [0.25, 0.3) is 0 Å². The summed E-state index contributed by atoms with van der Waals surface area (Å²) in [6, 6.07) is 9.14. The summed E-state index contributed by atoms with van der Waals surface area (Å²) < 4.78 is 1.19. The maximum absolute atomic E-state index is 6.00. The third kappa shape index (κ3) is 3.05. The van der Waals surface area contributed by atoms with Gasteiger partial charge >= 0.3 is 0 Å². The first-order chi connectivity index (χ1) is 7.25. The first kappa shape index (κ1) is 11.2. The second-order valence-electron chi connectivity index (χ2n) is 4.52. The molecule has 82 valence electrons. The highest BCUT2D eigenvalue weighted by Gasteiger charge is 2.17. The van der Waals surface area contributed by atoms with Crippen molar-refractivity contribution >= 4 is 15.9 Å². The van der Waals surface area contributed by atoms with Crippen LogP contribution in [0.2, 0.25) is 0 Å². The van der Waals surface area contributed by atoms with E-state index >= 15 is 0 Å². The smallest absolute Gasteiger partial charge is 0.0178 e. The average molecular weight is 268 g/mol. The SMILES string of the molecule is NC1CCCC(c2cccc(Br)c2)CC1. The molecule has 1 aromatic rings. The van der Waals surface area contributed by atoms with Crippen LogP contribution in [-0.4, -0.2) is 6.04 Å². The Morgan fingerprint density at radius 2 is 2.00 bits per heavy atom. The summed E-state index contributed by atoms with van der Waals surface area (Å²) >= 11 is 3.54. The normalized spacial score (nSPS) is 27.3. The molecule has 0 spiro atoms. The van der Waals surface area contributed by atoms with Gasteiger partial charge in [-0.3, -0.25) is 0 Å². The monoisotopic (exact) mass is 267 g/mol. The van der Waals surface area contributed by atoms with Crippen LogP contribution in [0.25, 0.3) is 0 Å². The topological polar surface area (TPSA) is 26.0 Å². The van der Waals surface area contributed by atoms with Crippen LogP contribution in [0.3, 0.4) is 0 Å². The molecule has 1 fully saturated rings. The quantitative estimate of drug-likeness (QED) is 0.770. The van der Waals surface area contributed by atoms with Gasteiger partial charge in [-0.25, -0.2) is 0 Å². The molecule has 1 saturated carbocycles. The third-order valence-electron chi connectivity index (χ3n) is 3.33. The first-order valence-corrected chi connectivity index (χ1v) is 6.56. The molecule has 0 aliphatic heterocycles. The molecule has 2 N–H and O–H groups in total. The Hall–Kier alpha value is -0.340. The molecule has 0 radical (unpaired) electrons. The van der Waals surface area contributed by atoms with Crippen LogP contribution in [0, 0.1) is 0 Å². The summed E-state index contributed by atoms with van der Waals surface area (Å²) in [5.41, 5.74) is 7.47. The Morgan fingerprint density at radius 3 is 2.80 bits per heavy atom. The summed E-state index contributed by atoms with van der Waals surface area (Å²) in [6.45, 7) is 0. The predicted octanol–water partition coefficient (Wildman–Crippen LogP) is 3.82. The minimum absolute atomic E-state index is 0.433. The van der Waals surface area contributed by atoms with Crippen molar-refractivity contribution in [3.63, 3.8) is 0 Å². The third-order valence-corrected chi connectivity index (χ3v) is 3.83. The van der Waals surface area contributed by atoms with Gasteiger partial charge in [-0.15, -0.1) is 0 Å². The van der Waals surface area contributed by atoms with Crippen molar-refractivity contribution in [2.75, 3.05) is 0 Å². The maximum Gasteiger partial charge on any atom is 0.0178 e. The fourth-order valence-electron chi connectivity index (χ4n) is 2.42. The number of rotatable bonds is 1. The van der Waals surface area contributed by atoms with Crippen molar-refractivity contribution in [2.45, 2.75) is 44.1 Å². The molecule has 2 unspecified atom stereocenters. The molecule has 0 heterocycles. The molecular formula is C13H18BrN. The standard InChI is InChI=1S/C13H18BrN/c14-12-5-1-4-11(9-12)10-3-2-6-13(15)8-7-10/h1,4-5,9-10,13H,2-3,6-8,15H2. The van der Waals surface area contributed by atoms with Crippen LogP contribution < -0.4 is 5.73 Å². The number of nitrogens with two attached hydrogens (primary N) is 1. The summed E-state index contributed by atoms with van der Waals surface area (Å²) in [4.78, 5) is 0. The van der Waals surface area contributed by atoms with Crippen LogP contribution in [-0.2, 0) is 0 Å². The molecule has 15 heavy (non-hydrogen) atoms. The second kappa shape index (κ2) is 5.13. The van der Waals surface area contributed by atoms with E-state index in [0.29, 0.717) is 6.04 Å². The fourth-order valence-corrected chi connectivity index (χ4v) is 2.84. The van der Waals surface area contributed by atoms with Crippen molar-refractivity contribution in [2.24, 2.45) is 5.73 Å². The van der Waals surface area contributed by atoms with E-state index in [0.717, 1.165) is 5.92 Å². The molecule has 0 saturated heterocycles.